The molecule has 0 spiro atoms. The number of aromatic nitrogens is 2. The second kappa shape index (κ2) is 4.80. The van der Waals surface area contributed by atoms with Crippen molar-refractivity contribution in [3.63, 3.8) is 0 Å². The third-order valence-electron chi connectivity index (χ3n) is 3.04. The average molecular weight is 270 g/mol. The van der Waals surface area contributed by atoms with Gasteiger partial charge in [0, 0.05) is 23.9 Å². The minimum absolute atomic E-state index is 0.0466. The van der Waals surface area contributed by atoms with E-state index in [4.69, 9.17) is 10.5 Å². The van der Waals surface area contributed by atoms with Crippen LogP contribution in [0, 0.1) is 6.92 Å². The lowest BCUT2D eigenvalue weighted by atomic mass is 10.0. The van der Waals surface area contributed by atoms with Gasteiger partial charge in [-0.3, -0.25) is 4.79 Å². The maximum atomic E-state index is 11.3. The molecule has 1 amide bonds. The summed E-state index contributed by atoms with van der Waals surface area (Å²) in [7, 11) is 0. The van der Waals surface area contributed by atoms with Crippen LogP contribution in [-0.4, -0.2) is 15.9 Å². The van der Waals surface area contributed by atoms with E-state index >= 15 is 0 Å². The van der Waals surface area contributed by atoms with E-state index < -0.39 is 0 Å². The van der Waals surface area contributed by atoms with Crippen molar-refractivity contribution in [1.82, 2.24) is 9.97 Å². The largest absolute Gasteiger partial charge is 0.439 e. The summed E-state index contributed by atoms with van der Waals surface area (Å²) < 4.78 is 5.69. The lowest BCUT2D eigenvalue weighted by molar-refractivity contribution is -0.116. The van der Waals surface area contributed by atoms with Gasteiger partial charge in [0.05, 0.1) is 0 Å². The van der Waals surface area contributed by atoms with Crippen LogP contribution in [0.25, 0.3) is 0 Å². The number of nitrogens with zero attached hydrogens (tertiary/aromatic N) is 2. The first-order chi connectivity index (χ1) is 9.60. The molecule has 3 rings (SSSR count). The van der Waals surface area contributed by atoms with Gasteiger partial charge in [-0.25, -0.2) is 4.98 Å². The van der Waals surface area contributed by atoms with Gasteiger partial charge in [-0.15, -0.1) is 0 Å². The van der Waals surface area contributed by atoms with Gasteiger partial charge in [-0.05, 0) is 37.1 Å². The molecule has 1 aliphatic rings. The van der Waals surface area contributed by atoms with Gasteiger partial charge in [0.15, 0.2) is 0 Å². The second-order valence-electron chi connectivity index (χ2n) is 4.67. The Morgan fingerprint density at radius 2 is 2.10 bits per heavy atom. The van der Waals surface area contributed by atoms with Gasteiger partial charge < -0.3 is 15.8 Å². The number of nitrogen functional groups attached to an aromatic ring is 1. The fourth-order valence-corrected chi connectivity index (χ4v) is 2.16. The van der Waals surface area contributed by atoms with Crippen LogP contribution < -0.4 is 15.8 Å². The van der Waals surface area contributed by atoms with Crippen molar-refractivity contribution in [3.05, 3.63) is 35.5 Å². The molecule has 6 nitrogen and oxygen atoms in total. The molecule has 102 valence electrons. The Bertz CT molecular complexity index is 665. The lowest BCUT2D eigenvalue weighted by Crippen LogP contribution is -2.18. The quantitative estimate of drug-likeness (QED) is 0.871. The van der Waals surface area contributed by atoms with E-state index in [1.165, 1.54) is 0 Å². The topological polar surface area (TPSA) is 90.1 Å². The number of ether oxygens (including phenoxy) is 1. The van der Waals surface area contributed by atoms with E-state index in [-0.39, 0.29) is 11.9 Å². The minimum atomic E-state index is 0.0466. The molecule has 0 atom stereocenters. The number of hydrogen-bond donors (Lipinski definition) is 2. The van der Waals surface area contributed by atoms with E-state index in [0.717, 1.165) is 16.9 Å². The summed E-state index contributed by atoms with van der Waals surface area (Å²) in [4.78, 5) is 19.3. The van der Waals surface area contributed by atoms with Crippen molar-refractivity contribution in [2.45, 2.75) is 19.8 Å². The fraction of sp³-hybridized carbons (Fsp3) is 0.214. The van der Waals surface area contributed by atoms with E-state index in [2.05, 4.69) is 15.3 Å². The number of fused-ring (bicyclic) bond motifs is 1. The minimum Gasteiger partial charge on any atom is -0.439 e. The highest BCUT2D eigenvalue weighted by molar-refractivity contribution is 5.94. The molecule has 20 heavy (non-hydrogen) atoms. The Labute approximate surface area is 116 Å². The number of carbonyl (C=O) groups excluding carboxylic acids is 1. The Hall–Kier alpha value is -2.63. The van der Waals surface area contributed by atoms with E-state index in [0.29, 0.717) is 24.5 Å². The molecule has 0 radical (unpaired) electrons. The summed E-state index contributed by atoms with van der Waals surface area (Å²) in [5.41, 5.74) is 8.23. The summed E-state index contributed by atoms with van der Waals surface area (Å²) in [6.45, 7) is 1.83. The van der Waals surface area contributed by atoms with Gasteiger partial charge in [0.25, 0.3) is 0 Å². The van der Waals surface area contributed by atoms with E-state index in [9.17, 15) is 4.79 Å². The summed E-state index contributed by atoms with van der Waals surface area (Å²) >= 11 is 0. The highest BCUT2D eigenvalue weighted by Crippen LogP contribution is 2.29. The number of rotatable bonds is 2. The normalized spacial score (nSPS) is 13.6. The van der Waals surface area contributed by atoms with Crippen molar-refractivity contribution in [2.24, 2.45) is 0 Å². The predicted molar refractivity (Wildman–Crippen MR) is 74.6 cm³/mol. The molecule has 0 unspecified atom stereocenters. The van der Waals surface area contributed by atoms with Crippen LogP contribution in [0.3, 0.4) is 0 Å². The van der Waals surface area contributed by atoms with Crippen LogP contribution in [-0.2, 0) is 11.2 Å². The molecule has 0 bridgehead atoms. The molecule has 6 heteroatoms. The molecule has 0 saturated carbocycles. The molecular weight excluding hydrogens is 256 g/mol. The number of nitrogens with two attached hydrogens (primary N) is 1. The fourth-order valence-electron chi connectivity index (χ4n) is 2.16. The van der Waals surface area contributed by atoms with Crippen molar-refractivity contribution < 1.29 is 9.53 Å². The number of amides is 1. The molecule has 0 fully saturated rings. The number of hydrogen-bond acceptors (Lipinski definition) is 5. The van der Waals surface area contributed by atoms with E-state index in [1.54, 1.807) is 12.1 Å². The molecule has 1 aromatic carbocycles. The molecular formula is C14H14N4O2. The Balaban J connectivity index is 1.86. The highest BCUT2D eigenvalue weighted by atomic mass is 16.5. The number of nitrogens with one attached hydrogen (secondary N) is 1. The molecule has 1 aliphatic heterocycles. The van der Waals surface area contributed by atoms with Gasteiger partial charge in [0.1, 0.15) is 5.75 Å². The molecule has 2 aromatic rings. The monoisotopic (exact) mass is 270 g/mol. The average Bonchev–Trinajstić information content (AvgIpc) is 2.38. The molecule has 3 N–H and O–H groups in total. The smallest absolute Gasteiger partial charge is 0.224 e. The highest BCUT2D eigenvalue weighted by Gasteiger charge is 2.15. The summed E-state index contributed by atoms with van der Waals surface area (Å²) in [6, 6.07) is 7.25. The van der Waals surface area contributed by atoms with Crippen LogP contribution in [0.5, 0.6) is 11.6 Å². The second-order valence-corrected chi connectivity index (χ2v) is 4.67. The number of benzene rings is 1. The first-order valence-electron chi connectivity index (χ1n) is 6.32. The summed E-state index contributed by atoms with van der Waals surface area (Å²) in [5.74, 6) is 1.31. The van der Waals surface area contributed by atoms with Crippen LogP contribution in [0.4, 0.5) is 11.6 Å². The SMILES string of the molecule is Cc1cc(Oc2ccc3c(c2)CCC(=O)N3)nc(N)n1. The standard InChI is InChI=1S/C14H14N4O2/c1-8-6-13(18-14(15)16-8)20-10-3-4-11-9(7-10)2-5-12(19)17-11/h3-4,6-7H,2,5H2,1H3,(H,17,19)(H2,15,16,18). The maximum absolute atomic E-state index is 11.3. The van der Waals surface area contributed by atoms with Gasteiger partial charge in [-0.2, -0.15) is 4.98 Å². The lowest BCUT2D eigenvalue weighted by Gasteiger charge is -2.17. The molecule has 1 aromatic heterocycles. The zero-order valence-corrected chi connectivity index (χ0v) is 11.0. The van der Waals surface area contributed by atoms with Crippen LogP contribution in [0.1, 0.15) is 17.7 Å². The van der Waals surface area contributed by atoms with Crippen LogP contribution in [0.2, 0.25) is 0 Å². The number of aryl methyl sites for hydroxylation is 2. The zero-order valence-electron chi connectivity index (χ0n) is 11.0. The number of carbonyl (C=O) groups is 1. The summed E-state index contributed by atoms with van der Waals surface area (Å²) in [6.07, 6.45) is 1.21. The van der Waals surface area contributed by atoms with Gasteiger partial charge in [-0.1, -0.05) is 0 Å². The molecule has 0 saturated heterocycles. The van der Waals surface area contributed by atoms with Gasteiger partial charge >= 0.3 is 0 Å². The first kappa shape index (κ1) is 12.4. The van der Waals surface area contributed by atoms with Crippen LogP contribution >= 0.6 is 0 Å². The van der Waals surface area contributed by atoms with Crippen molar-refractivity contribution in [1.29, 1.82) is 0 Å². The van der Waals surface area contributed by atoms with Crippen molar-refractivity contribution >= 4 is 17.5 Å². The van der Waals surface area contributed by atoms with Crippen molar-refractivity contribution in [3.8, 4) is 11.6 Å². The molecule has 0 aliphatic carbocycles. The first-order valence-corrected chi connectivity index (χ1v) is 6.32. The predicted octanol–water partition coefficient (Wildman–Crippen LogP) is 2.04. The summed E-state index contributed by atoms with van der Waals surface area (Å²) in [5, 5.41) is 2.83. The Kier molecular flexibility index (Phi) is 2.98. The van der Waals surface area contributed by atoms with E-state index in [1.807, 2.05) is 19.1 Å². The Morgan fingerprint density at radius 3 is 2.90 bits per heavy atom. The maximum Gasteiger partial charge on any atom is 0.224 e. The third kappa shape index (κ3) is 2.54. The molecule has 2 heterocycles. The van der Waals surface area contributed by atoms with Crippen LogP contribution in [0.15, 0.2) is 24.3 Å². The third-order valence-corrected chi connectivity index (χ3v) is 3.04. The van der Waals surface area contributed by atoms with Crippen molar-refractivity contribution in [2.75, 3.05) is 11.1 Å². The number of anilines is 2. The van der Waals surface area contributed by atoms with Gasteiger partial charge in [0.2, 0.25) is 17.7 Å². The zero-order chi connectivity index (χ0) is 14.1. The Morgan fingerprint density at radius 1 is 1.25 bits per heavy atom.